The molecule has 0 saturated carbocycles. The van der Waals surface area contributed by atoms with E-state index < -0.39 is 26.5 Å². The summed E-state index contributed by atoms with van der Waals surface area (Å²) in [5.74, 6) is -0.828. The zero-order valence-electron chi connectivity index (χ0n) is 45.8. The maximum atomic E-state index is 12.7. The summed E-state index contributed by atoms with van der Waals surface area (Å²) in [7, 11) is 1.18. The number of allylic oxidation sites excluding steroid dienone is 2. The largest absolute Gasteiger partial charge is 0.756 e. The van der Waals surface area contributed by atoms with Crippen LogP contribution < -0.4 is 4.89 Å². The van der Waals surface area contributed by atoms with E-state index in [4.69, 9.17) is 18.5 Å². The molecule has 0 aromatic carbocycles. The summed E-state index contributed by atoms with van der Waals surface area (Å²) in [6.45, 7) is 4.26. The number of hydrogen-bond acceptors (Lipinski definition) is 8. The minimum absolute atomic E-state index is 0.0290. The van der Waals surface area contributed by atoms with Crippen LogP contribution in [-0.2, 0) is 32.7 Å². The van der Waals surface area contributed by atoms with Crippen molar-refractivity contribution in [3.8, 4) is 0 Å². The molecule has 0 aliphatic carbocycles. The van der Waals surface area contributed by atoms with E-state index in [1.807, 2.05) is 21.1 Å². The number of esters is 2. The quantitative estimate of drug-likeness (QED) is 0.0195. The minimum Gasteiger partial charge on any atom is -0.756 e. The van der Waals surface area contributed by atoms with Crippen molar-refractivity contribution in [1.82, 2.24) is 0 Å². The van der Waals surface area contributed by atoms with E-state index in [1.54, 1.807) is 0 Å². The van der Waals surface area contributed by atoms with Crippen molar-refractivity contribution in [2.75, 3.05) is 47.5 Å². The molecule has 0 amide bonds. The van der Waals surface area contributed by atoms with Gasteiger partial charge in [0, 0.05) is 12.8 Å². The maximum Gasteiger partial charge on any atom is 0.306 e. The summed E-state index contributed by atoms with van der Waals surface area (Å²) in [6, 6.07) is 0. The molecule has 0 saturated heterocycles. The Balaban J connectivity index is 3.95. The second-order valence-electron chi connectivity index (χ2n) is 21.4. The number of hydrogen-bond donors (Lipinski definition) is 0. The van der Waals surface area contributed by atoms with Gasteiger partial charge in [0.2, 0.25) is 0 Å². The first kappa shape index (κ1) is 66.8. The number of carbonyl (C=O) groups is 2. The molecule has 0 radical (unpaired) electrons. The van der Waals surface area contributed by atoms with E-state index in [0.717, 1.165) is 51.4 Å². The van der Waals surface area contributed by atoms with Crippen molar-refractivity contribution < 1.29 is 42.1 Å². The summed E-state index contributed by atoms with van der Waals surface area (Å²) in [4.78, 5) is 37.7. The van der Waals surface area contributed by atoms with Gasteiger partial charge in [0.1, 0.15) is 19.8 Å². The Bertz CT molecular complexity index is 1160. The van der Waals surface area contributed by atoms with Crippen LogP contribution in [0.2, 0.25) is 0 Å². The molecule has 0 fully saturated rings. The van der Waals surface area contributed by atoms with E-state index in [1.165, 1.54) is 212 Å². The zero-order chi connectivity index (χ0) is 49.9. The second kappa shape index (κ2) is 50.7. The fourth-order valence-electron chi connectivity index (χ4n) is 8.71. The molecule has 9 nitrogen and oxygen atoms in total. The number of ether oxygens (including phenoxy) is 2. The number of nitrogens with zero attached hydrogens (tertiary/aromatic N) is 1. The topological polar surface area (TPSA) is 111 Å². The van der Waals surface area contributed by atoms with Gasteiger partial charge in [-0.25, -0.2) is 0 Å². The Morgan fingerprint density at radius 1 is 0.441 bits per heavy atom. The second-order valence-corrected chi connectivity index (χ2v) is 22.8. The van der Waals surface area contributed by atoms with Crippen molar-refractivity contribution in [2.45, 2.75) is 302 Å². The van der Waals surface area contributed by atoms with Crippen LogP contribution in [0.15, 0.2) is 12.2 Å². The molecule has 0 aliphatic heterocycles. The van der Waals surface area contributed by atoms with Crippen molar-refractivity contribution >= 4 is 19.8 Å². The lowest BCUT2D eigenvalue weighted by Gasteiger charge is -2.28. The number of phosphoric ester groups is 1. The van der Waals surface area contributed by atoms with Crippen LogP contribution in [0.3, 0.4) is 0 Å². The Labute approximate surface area is 422 Å². The van der Waals surface area contributed by atoms with Gasteiger partial charge in [-0.3, -0.25) is 14.2 Å². The molecule has 0 spiro atoms. The molecule has 0 aromatic heterocycles. The van der Waals surface area contributed by atoms with Crippen LogP contribution >= 0.6 is 7.82 Å². The molecule has 404 valence electrons. The molecule has 0 rings (SSSR count). The molecule has 0 N–H and O–H groups in total. The van der Waals surface area contributed by atoms with E-state index in [9.17, 15) is 19.0 Å². The summed E-state index contributed by atoms with van der Waals surface area (Å²) < 4.78 is 34.1. The molecule has 0 bridgehead atoms. The van der Waals surface area contributed by atoms with Crippen molar-refractivity contribution in [2.24, 2.45) is 0 Å². The van der Waals surface area contributed by atoms with E-state index >= 15 is 0 Å². The predicted octanol–water partition coefficient (Wildman–Crippen LogP) is 17.4. The number of phosphoric acid groups is 1. The minimum atomic E-state index is -4.63. The molecule has 0 heterocycles. The highest BCUT2D eigenvalue weighted by molar-refractivity contribution is 7.45. The fraction of sp³-hybridized carbons (Fsp3) is 0.931. The average Bonchev–Trinajstić information content (AvgIpc) is 3.30. The number of rotatable bonds is 55. The summed E-state index contributed by atoms with van der Waals surface area (Å²) in [5, 5.41) is 0. The van der Waals surface area contributed by atoms with Gasteiger partial charge in [0.15, 0.2) is 6.10 Å². The Kier molecular flexibility index (Phi) is 49.8. The van der Waals surface area contributed by atoms with Gasteiger partial charge in [0.05, 0.1) is 27.7 Å². The van der Waals surface area contributed by atoms with Gasteiger partial charge >= 0.3 is 11.9 Å². The SMILES string of the molecule is CCCCCC/C=C\CCCCCCCC(=O)OC(COC(=O)CCCCCCCCCCCCCCCCCCCCCCCCCCCCCCCCC)COP(=O)([O-])OCC[N+](C)(C)C. The normalized spacial score (nSPS) is 13.3. The lowest BCUT2D eigenvalue weighted by Crippen LogP contribution is -2.37. The van der Waals surface area contributed by atoms with Crippen LogP contribution in [0.1, 0.15) is 296 Å². The molecule has 0 aromatic rings. The third kappa shape index (κ3) is 54.1. The van der Waals surface area contributed by atoms with Crippen molar-refractivity contribution in [3.63, 3.8) is 0 Å². The predicted molar refractivity (Wildman–Crippen MR) is 287 cm³/mol. The monoisotopic (exact) mass is 984 g/mol. The lowest BCUT2D eigenvalue weighted by molar-refractivity contribution is -0.870. The van der Waals surface area contributed by atoms with Gasteiger partial charge in [0.25, 0.3) is 7.82 Å². The van der Waals surface area contributed by atoms with Crippen LogP contribution in [-0.4, -0.2) is 70.0 Å². The highest BCUT2D eigenvalue weighted by atomic mass is 31.2. The third-order valence-electron chi connectivity index (χ3n) is 13.3. The van der Waals surface area contributed by atoms with Gasteiger partial charge in [-0.1, -0.05) is 257 Å². The summed E-state index contributed by atoms with van der Waals surface area (Å²) in [5.41, 5.74) is 0. The molecular formula is C58H114NO8P. The van der Waals surface area contributed by atoms with E-state index in [0.29, 0.717) is 17.4 Å². The van der Waals surface area contributed by atoms with Gasteiger partial charge in [-0.05, 0) is 38.5 Å². The van der Waals surface area contributed by atoms with Crippen LogP contribution in [0, 0.1) is 0 Å². The van der Waals surface area contributed by atoms with Gasteiger partial charge in [-0.2, -0.15) is 0 Å². The average molecular weight is 985 g/mol. The third-order valence-corrected chi connectivity index (χ3v) is 14.2. The highest BCUT2D eigenvalue weighted by Crippen LogP contribution is 2.38. The van der Waals surface area contributed by atoms with Crippen molar-refractivity contribution in [3.05, 3.63) is 12.2 Å². The smallest absolute Gasteiger partial charge is 0.306 e. The summed E-state index contributed by atoms with van der Waals surface area (Å²) >= 11 is 0. The summed E-state index contributed by atoms with van der Waals surface area (Å²) in [6.07, 6.45) is 58.6. The highest BCUT2D eigenvalue weighted by Gasteiger charge is 2.22. The Hall–Kier alpha value is -1.25. The fourth-order valence-corrected chi connectivity index (χ4v) is 9.44. The standard InChI is InChI=1S/C58H114NO8P/c1-6-8-10-12-14-16-18-20-21-22-23-24-25-26-27-28-29-30-31-32-33-34-35-36-37-39-40-42-44-46-48-50-57(60)64-54-56(55-66-68(62,63)65-53-52-59(3,4)5)67-58(61)51-49-47-45-43-41-38-19-17-15-13-11-9-7-2/h17,19,56H,6-16,18,20-55H2,1-5H3/b19-17-. The van der Waals surface area contributed by atoms with Crippen LogP contribution in [0.4, 0.5) is 0 Å². The molecular weight excluding hydrogens is 870 g/mol. The Morgan fingerprint density at radius 3 is 1.10 bits per heavy atom. The molecule has 2 atom stereocenters. The maximum absolute atomic E-state index is 12.7. The molecule has 10 heteroatoms. The number of unbranched alkanes of at least 4 members (excludes halogenated alkanes) is 39. The van der Waals surface area contributed by atoms with Gasteiger partial charge < -0.3 is 27.9 Å². The Morgan fingerprint density at radius 2 is 0.750 bits per heavy atom. The first-order valence-electron chi connectivity index (χ1n) is 29.4. The van der Waals surface area contributed by atoms with E-state index in [-0.39, 0.29) is 32.0 Å². The lowest BCUT2D eigenvalue weighted by atomic mass is 10.0. The molecule has 2 unspecified atom stereocenters. The number of likely N-dealkylation sites (N-methyl/N-ethyl adjacent to an activating group) is 1. The number of carbonyl (C=O) groups excluding carboxylic acids is 2. The molecule has 68 heavy (non-hydrogen) atoms. The van der Waals surface area contributed by atoms with Crippen molar-refractivity contribution in [1.29, 1.82) is 0 Å². The van der Waals surface area contributed by atoms with Crippen LogP contribution in [0.25, 0.3) is 0 Å². The first-order valence-corrected chi connectivity index (χ1v) is 30.9. The van der Waals surface area contributed by atoms with E-state index in [2.05, 4.69) is 26.0 Å². The zero-order valence-corrected chi connectivity index (χ0v) is 46.7. The number of quaternary nitrogens is 1. The first-order chi connectivity index (χ1) is 33.0. The van der Waals surface area contributed by atoms with Gasteiger partial charge in [-0.15, -0.1) is 0 Å². The molecule has 0 aliphatic rings. The van der Waals surface area contributed by atoms with Crippen LogP contribution in [0.5, 0.6) is 0 Å².